The van der Waals surface area contributed by atoms with Crippen LogP contribution in [0.2, 0.25) is 0 Å². The summed E-state index contributed by atoms with van der Waals surface area (Å²) < 4.78 is 5.37. The molecule has 0 radical (unpaired) electrons. The molecule has 1 saturated heterocycles. The lowest BCUT2D eigenvalue weighted by Gasteiger charge is -2.28. The SMILES string of the molecule is CC1(C)CC[C@]2(C)OC(=O)C[C@H]12. The minimum absolute atomic E-state index is 0.00437. The Hall–Kier alpha value is -0.530. The molecule has 0 aromatic carbocycles. The number of fused-ring (bicyclic) bond motifs is 1. The summed E-state index contributed by atoms with van der Waals surface area (Å²) >= 11 is 0. The largest absolute Gasteiger partial charge is 0.459 e. The lowest BCUT2D eigenvalue weighted by atomic mass is 9.77. The average molecular weight is 168 g/mol. The van der Waals surface area contributed by atoms with E-state index in [1.54, 1.807) is 0 Å². The van der Waals surface area contributed by atoms with Crippen molar-refractivity contribution in [1.29, 1.82) is 0 Å². The Morgan fingerprint density at radius 2 is 2.00 bits per heavy atom. The Morgan fingerprint density at radius 1 is 1.33 bits per heavy atom. The summed E-state index contributed by atoms with van der Waals surface area (Å²) in [6, 6.07) is 0. The second-order valence-corrected chi connectivity index (χ2v) is 5.03. The molecular weight excluding hydrogens is 152 g/mol. The van der Waals surface area contributed by atoms with Gasteiger partial charge in [-0.3, -0.25) is 4.79 Å². The molecule has 0 unspecified atom stereocenters. The zero-order valence-corrected chi connectivity index (χ0v) is 8.02. The number of hydrogen-bond acceptors (Lipinski definition) is 2. The molecule has 0 aromatic rings. The number of carbonyl (C=O) groups is 1. The van der Waals surface area contributed by atoms with Gasteiger partial charge in [-0.15, -0.1) is 0 Å². The highest BCUT2D eigenvalue weighted by atomic mass is 16.6. The maximum atomic E-state index is 11.1. The van der Waals surface area contributed by atoms with Crippen molar-refractivity contribution in [2.75, 3.05) is 0 Å². The Bertz CT molecular complexity index is 232. The van der Waals surface area contributed by atoms with E-state index < -0.39 is 0 Å². The second-order valence-electron chi connectivity index (χ2n) is 5.03. The second kappa shape index (κ2) is 2.04. The van der Waals surface area contributed by atoms with Gasteiger partial charge in [-0.05, 0) is 25.2 Å². The normalized spacial score (nSPS) is 44.2. The van der Waals surface area contributed by atoms with Crippen LogP contribution in [0, 0.1) is 11.3 Å². The molecule has 2 atom stereocenters. The summed E-state index contributed by atoms with van der Waals surface area (Å²) in [5.41, 5.74) is 0.154. The van der Waals surface area contributed by atoms with Crippen LogP contribution in [0.25, 0.3) is 0 Å². The van der Waals surface area contributed by atoms with Crippen LogP contribution in [0.3, 0.4) is 0 Å². The third-order valence-corrected chi connectivity index (χ3v) is 3.66. The zero-order chi connectivity index (χ0) is 8.98. The summed E-state index contributed by atoms with van der Waals surface area (Å²) in [6.45, 7) is 6.56. The van der Waals surface area contributed by atoms with E-state index in [4.69, 9.17) is 4.74 Å². The molecule has 0 N–H and O–H groups in total. The first-order chi connectivity index (χ1) is 5.44. The molecular formula is C10H16O2. The van der Waals surface area contributed by atoms with Gasteiger partial charge < -0.3 is 4.74 Å². The summed E-state index contributed by atoms with van der Waals surface area (Å²) in [7, 11) is 0. The van der Waals surface area contributed by atoms with Gasteiger partial charge in [-0.2, -0.15) is 0 Å². The Kier molecular flexibility index (Phi) is 1.37. The van der Waals surface area contributed by atoms with E-state index in [9.17, 15) is 4.79 Å². The van der Waals surface area contributed by atoms with Gasteiger partial charge in [0.25, 0.3) is 0 Å². The maximum absolute atomic E-state index is 11.1. The van der Waals surface area contributed by atoms with Gasteiger partial charge in [0.2, 0.25) is 0 Å². The molecule has 1 aliphatic carbocycles. The summed E-state index contributed by atoms with van der Waals surface area (Å²) in [5, 5.41) is 0. The third-order valence-electron chi connectivity index (χ3n) is 3.66. The molecule has 0 spiro atoms. The Balaban J connectivity index is 2.31. The molecule has 0 amide bonds. The zero-order valence-electron chi connectivity index (χ0n) is 8.02. The van der Waals surface area contributed by atoms with Gasteiger partial charge in [0, 0.05) is 5.92 Å². The van der Waals surface area contributed by atoms with Crippen LogP contribution < -0.4 is 0 Å². The van der Waals surface area contributed by atoms with E-state index >= 15 is 0 Å². The van der Waals surface area contributed by atoms with Crippen molar-refractivity contribution in [2.24, 2.45) is 11.3 Å². The van der Waals surface area contributed by atoms with Gasteiger partial charge in [0.05, 0.1) is 6.42 Å². The van der Waals surface area contributed by atoms with E-state index in [0.717, 1.165) is 6.42 Å². The fourth-order valence-electron chi connectivity index (χ4n) is 2.83. The molecule has 1 aliphatic heterocycles. The van der Waals surface area contributed by atoms with E-state index in [1.165, 1.54) is 6.42 Å². The quantitative estimate of drug-likeness (QED) is 0.518. The Morgan fingerprint density at radius 3 is 2.58 bits per heavy atom. The van der Waals surface area contributed by atoms with Gasteiger partial charge in [-0.1, -0.05) is 13.8 Å². The molecule has 0 aromatic heterocycles. The highest BCUT2D eigenvalue weighted by Crippen LogP contribution is 2.55. The van der Waals surface area contributed by atoms with Gasteiger partial charge in [-0.25, -0.2) is 0 Å². The van der Waals surface area contributed by atoms with Crippen LogP contribution in [0.15, 0.2) is 0 Å². The van der Waals surface area contributed by atoms with Crippen LogP contribution in [-0.4, -0.2) is 11.6 Å². The highest BCUT2D eigenvalue weighted by Gasteiger charge is 2.56. The van der Waals surface area contributed by atoms with Crippen LogP contribution in [0.1, 0.15) is 40.0 Å². The van der Waals surface area contributed by atoms with Gasteiger partial charge >= 0.3 is 5.97 Å². The van der Waals surface area contributed by atoms with Crippen molar-refractivity contribution in [3.8, 4) is 0 Å². The molecule has 68 valence electrons. The van der Waals surface area contributed by atoms with E-state index in [2.05, 4.69) is 20.8 Å². The highest BCUT2D eigenvalue weighted by molar-refractivity contribution is 5.73. The van der Waals surface area contributed by atoms with Crippen LogP contribution in [0.5, 0.6) is 0 Å². The first kappa shape index (κ1) is 8.09. The minimum atomic E-state index is -0.138. The van der Waals surface area contributed by atoms with Gasteiger partial charge in [0.1, 0.15) is 5.60 Å². The topological polar surface area (TPSA) is 26.3 Å². The lowest BCUT2D eigenvalue weighted by molar-refractivity contribution is -0.147. The molecule has 0 bridgehead atoms. The van der Waals surface area contributed by atoms with Crippen molar-refractivity contribution < 1.29 is 9.53 Å². The molecule has 2 nitrogen and oxygen atoms in total. The first-order valence-electron chi connectivity index (χ1n) is 4.66. The molecule has 12 heavy (non-hydrogen) atoms. The van der Waals surface area contributed by atoms with E-state index in [-0.39, 0.29) is 11.6 Å². The van der Waals surface area contributed by atoms with Crippen molar-refractivity contribution in [3.63, 3.8) is 0 Å². The smallest absolute Gasteiger partial charge is 0.306 e. The van der Waals surface area contributed by atoms with Crippen molar-refractivity contribution >= 4 is 5.97 Å². The molecule has 2 fully saturated rings. The molecule has 2 heteroatoms. The maximum Gasteiger partial charge on any atom is 0.306 e. The van der Waals surface area contributed by atoms with Crippen molar-refractivity contribution in [1.82, 2.24) is 0 Å². The number of hydrogen-bond donors (Lipinski definition) is 0. The monoisotopic (exact) mass is 168 g/mol. The lowest BCUT2D eigenvalue weighted by Crippen LogP contribution is -2.31. The number of carbonyl (C=O) groups excluding carboxylic acids is 1. The molecule has 1 saturated carbocycles. The van der Waals surface area contributed by atoms with Crippen molar-refractivity contribution in [3.05, 3.63) is 0 Å². The third kappa shape index (κ3) is 0.900. The van der Waals surface area contributed by atoms with Crippen LogP contribution in [-0.2, 0) is 9.53 Å². The van der Waals surface area contributed by atoms with Gasteiger partial charge in [0.15, 0.2) is 0 Å². The molecule has 1 heterocycles. The number of rotatable bonds is 0. The first-order valence-corrected chi connectivity index (χ1v) is 4.66. The predicted molar refractivity (Wildman–Crippen MR) is 45.6 cm³/mol. The van der Waals surface area contributed by atoms with E-state index in [1.807, 2.05) is 0 Å². The number of esters is 1. The summed E-state index contributed by atoms with van der Waals surface area (Å²) in [4.78, 5) is 11.1. The standard InChI is InChI=1S/C10H16O2/c1-9(2)4-5-10(3)7(9)6-8(11)12-10/h7H,4-6H2,1-3H3/t7-,10+/m1/s1. The fraction of sp³-hybridized carbons (Fsp3) is 0.900. The predicted octanol–water partition coefficient (Wildman–Crippen LogP) is 2.13. The fourth-order valence-corrected chi connectivity index (χ4v) is 2.83. The summed E-state index contributed by atoms with van der Waals surface area (Å²) in [6.07, 6.45) is 2.85. The van der Waals surface area contributed by atoms with Crippen LogP contribution in [0.4, 0.5) is 0 Å². The minimum Gasteiger partial charge on any atom is -0.459 e. The van der Waals surface area contributed by atoms with Crippen LogP contribution >= 0.6 is 0 Å². The van der Waals surface area contributed by atoms with Crippen molar-refractivity contribution in [2.45, 2.75) is 45.6 Å². The van der Waals surface area contributed by atoms with E-state index in [0.29, 0.717) is 17.8 Å². The molecule has 2 rings (SSSR count). The molecule has 2 aliphatic rings. The average Bonchev–Trinajstić information content (AvgIpc) is 2.32. The number of ether oxygens (including phenoxy) is 1. The summed E-state index contributed by atoms with van der Waals surface area (Å²) in [5.74, 6) is 0.438. The Labute approximate surface area is 73.3 Å².